The fourth-order valence-corrected chi connectivity index (χ4v) is 3.23. The first kappa shape index (κ1) is 11.8. The Kier molecular flexibility index (Phi) is 3.33. The summed E-state index contributed by atoms with van der Waals surface area (Å²) in [6.07, 6.45) is 4.01. The maximum atomic E-state index is 6.21. The molecule has 1 aromatic rings. The highest BCUT2D eigenvalue weighted by molar-refractivity contribution is 9.10. The van der Waals surface area contributed by atoms with Gasteiger partial charge >= 0.3 is 0 Å². The van der Waals surface area contributed by atoms with Crippen molar-refractivity contribution in [3.63, 3.8) is 0 Å². The molecule has 1 saturated carbocycles. The molecule has 1 atom stereocenters. The van der Waals surface area contributed by atoms with Crippen molar-refractivity contribution in [3.8, 4) is 0 Å². The summed E-state index contributed by atoms with van der Waals surface area (Å²) in [6, 6.07) is 7.45. The molecule has 1 heterocycles. The molecule has 1 unspecified atom stereocenters. The number of anilines is 1. The van der Waals surface area contributed by atoms with E-state index in [1.807, 2.05) is 18.2 Å². The quantitative estimate of drug-likeness (QED) is 0.914. The Hall–Kier alpha value is -0.250. The first-order valence-electron chi connectivity index (χ1n) is 6.18. The number of nitrogens with zero attached hydrogens (tertiary/aromatic N) is 1. The number of benzene rings is 1. The third kappa shape index (κ3) is 2.78. The maximum Gasteiger partial charge on any atom is 0.0648 e. The minimum atomic E-state index is 0.550. The van der Waals surface area contributed by atoms with E-state index in [0.29, 0.717) is 6.04 Å². The Morgan fingerprint density at radius 1 is 1.29 bits per heavy atom. The second-order valence-corrected chi connectivity index (χ2v) is 6.30. The number of hydrogen-bond acceptors (Lipinski definition) is 2. The van der Waals surface area contributed by atoms with Crippen molar-refractivity contribution in [2.45, 2.75) is 31.3 Å². The van der Waals surface area contributed by atoms with E-state index in [2.05, 4.69) is 26.1 Å². The average molecular weight is 316 g/mol. The highest BCUT2D eigenvalue weighted by Gasteiger charge is 2.34. The Morgan fingerprint density at radius 3 is 2.82 bits per heavy atom. The standard InChI is InChI=1S/C13H16BrClN2/c14-9-1-4-13(12(15)7-9)16-10-5-6-17(8-10)11-2-3-11/h1,4,7,10-11,16H,2-3,5-6,8H2. The number of likely N-dealkylation sites (tertiary alicyclic amines) is 1. The van der Waals surface area contributed by atoms with Crippen LogP contribution in [0.4, 0.5) is 5.69 Å². The van der Waals surface area contributed by atoms with Crippen LogP contribution in [-0.2, 0) is 0 Å². The lowest BCUT2D eigenvalue weighted by Gasteiger charge is -2.17. The van der Waals surface area contributed by atoms with Crippen LogP contribution in [-0.4, -0.2) is 30.1 Å². The lowest BCUT2D eigenvalue weighted by atomic mass is 10.2. The Labute approximate surface area is 115 Å². The van der Waals surface area contributed by atoms with E-state index in [0.717, 1.165) is 27.8 Å². The Bertz CT molecular complexity index is 420. The molecule has 4 heteroatoms. The van der Waals surface area contributed by atoms with Gasteiger partial charge in [0.05, 0.1) is 10.7 Å². The molecule has 2 aliphatic rings. The van der Waals surface area contributed by atoms with Gasteiger partial charge in [0.2, 0.25) is 0 Å². The van der Waals surface area contributed by atoms with Gasteiger partial charge in [-0.15, -0.1) is 0 Å². The smallest absolute Gasteiger partial charge is 0.0648 e. The van der Waals surface area contributed by atoms with Crippen LogP contribution in [0, 0.1) is 0 Å². The second-order valence-electron chi connectivity index (χ2n) is 4.98. The van der Waals surface area contributed by atoms with E-state index in [1.54, 1.807) is 0 Å². The van der Waals surface area contributed by atoms with Crippen LogP contribution in [0.1, 0.15) is 19.3 Å². The average Bonchev–Trinajstić information content (AvgIpc) is 3.04. The molecular weight excluding hydrogens is 300 g/mol. The zero-order valence-corrected chi connectivity index (χ0v) is 12.0. The van der Waals surface area contributed by atoms with Crippen LogP contribution in [0.3, 0.4) is 0 Å². The van der Waals surface area contributed by atoms with Crippen LogP contribution in [0.15, 0.2) is 22.7 Å². The third-order valence-corrected chi connectivity index (χ3v) is 4.38. The van der Waals surface area contributed by atoms with E-state index in [-0.39, 0.29) is 0 Å². The summed E-state index contributed by atoms with van der Waals surface area (Å²) in [5.74, 6) is 0. The lowest BCUT2D eigenvalue weighted by molar-refractivity contribution is 0.326. The monoisotopic (exact) mass is 314 g/mol. The van der Waals surface area contributed by atoms with Gasteiger partial charge in [0.25, 0.3) is 0 Å². The summed E-state index contributed by atoms with van der Waals surface area (Å²) in [4.78, 5) is 2.60. The summed E-state index contributed by atoms with van der Waals surface area (Å²) >= 11 is 9.64. The molecular formula is C13H16BrClN2. The molecule has 1 saturated heterocycles. The molecule has 0 amide bonds. The summed E-state index contributed by atoms with van der Waals surface area (Å²) in [5.41, 5.74) is 1.05. The summed E-state index contributed by atoms with van der Waals surface area (Å²) in [7, 11) is 0. The van der Waals surface area contributed by atoms with Gasteiger partial charge in [0, 0.05) is 29.6 Å². The van der Waals surface area contributed by atoms with Gasteiger partial charge in [-0.25, -0.2) is 0 Å². The maximum absolute atomic E-state index is 6.21. The summed E-state index contributed by atoms with van der Waals surface area (Å²) in [6.45, 7) is 2.40. The molecule has 2 fully saturated rings. The summed E-state index contributed by atoms with van der Waals surface area (Å²) < 4.78 is 1.03. The highest BCUT2D eigenvalue weighted by atomic mass is 79.9. The van der Waals surface area contributed by atoms with Crippen molar-refractivity contribution in [3.05, 3.63) is 27.7 Å². The zero-order valence-electron chi connectivity index (χ0n) is 9.63. The molecule has 1 N–H and O–H groups in total. The largest absolute Gasteiger partial charge is 0.380 e. The zero-order chi connectivity index (χ0) is 11.8. The van der Waals surface area contributed by atoms with E-state index < -0.39 is 0 Å². The van der Waals surface area contributed by atoms with Gasteiger partial charge < -0.3 is 5.32 Å². The molecule has 3 rings (SSSR count). The SMILES string of the molecule is Clc1cc(Br)ccc1NC1CCN(C2CC2)C1. The minimum Gasteiger partial charge on any atom is -0.380 e. The predicted molar refractivity (Wildman–Crippen MR) is 75.8 cm³/mol. The van der Waals surface area contributed by atoms with E-state index in [4.69, 9.17) is 11.6 Å². The molecule has 0 aromatic heterocycles. The van der Waals surface area contributed by atoms with Crippen LogP contribution in [0.2, 0.25) is 5.02 Å². The number of nitrogens with one attached hydrogen (secondary N) is 1. The van der Waals surface area contributed by atoms with Crippen molar-refractivity contribution in [1.82, 2.24) is 4.90 Å². The molecule has 1 aliphatic carbocycles. The van der Waals surface area contributed by atoms with Gasteiger partial charge in [-0.2, -0.15) is 0 Å². The van der Waals surface area contributed by atoms with Crippen molar-refractivity contribution in [2.24, 2.45) is 0 Å². The molecule has 2 nitrogen and oxygen atoms in total. The minimum absolute atomic E-state index is 0.550. The predicted octanol–water partition coefficient (Wildman–Crippen LogP) is 3.75. The lowest BCUT2D eigenvalue weighted by Crippen LogP contribution is -2.27. The molecule has 0 spiro atoms. The fourth-order valence-electron chi connectivity index (χ4n) is 2.50. The molecule has 92 valence electrons. The molecule has 1 aliphatic heterocycles. The number of hydrogen-bond donors (Lipinski definition) is 1. The first-order chi connectivity index (χ1) is 8.22. The highest BCUT2D eigenvalue weighted by Crippen LogP contribution is 2.32. The molecule has 1 aromatic carbocycles. The van der Waals surface area contributed by atoms with Crippen molar-refractivity contribution in [1.29, 1.82) is 0 Å². The van der Waals surface area contributed by atoms with Gasteiger partial charge in [-0.3, -0.25) is 4.90 Å². The molecule has 0 bridgehead atoms. The van der Waals surface area contributed by atoms with Crippen LogP contribution in [0.5, 0.6) is 0 Å². The topological polar surface area (TPSA) is 15.3 Å². The number of rotatable bonds is 3. The van der Waals surface area contributed by atoms with Gasteiger partial charge in [-0.1, -0.05) is 27.5 Å². The van der Waals surface area contributed by atoms with Gasteiger partial charge in [-0.05, 0) is 37.5 Å². The van der Waals surface area contributed by atoms with E-state index in [9.17, 15) is 0 Å². The second kappa shape index (κ2) is 4.79. The first-order valence-corrected chi connectivity index (χ1v) is 7.35. The van der Waals surface area contributed by atoms with Crippen molar-refractivity contribution in [2.75, 3.05) is 18.4 Å². The Balaban J connectivity index is 1.63. The van der Waals surface area contributed by atoms with Crippen LogP contribution >= 0.6 is 27.5 Å². The molecule has 0 radical (unpaired) electrons. The fraction of sp³-hybridized carbons (Fsp3) is 0.538. The Morgan fingerprint density at radius 2 is 2.12 bits per heavy atom. The van der Waals surface area contributed by atoms with Crippen LogP contribution in [0.25, 0.3) is 0 Å². The third-order valence-electron chi connectivity index (χ3n) is 3.57. The van der Waals surface area contributed by atoms with Gasteiger partial charge in [0.1, 0.15) is 0 Å². The van der Waals surface area contributed by atoms with E-state index in [1.165, 1.54) is 25.8 Å². The van der Waals surface area contributed by atoms with Crippen LogP contribution < -0.4 is 5.32 Å². The van der Waals surface area contributed by atoms with Crippen molar-refractivity contribution < 1.29 is 0 Å². The number of halogens is 2. The van der Waals surface area contributed by atoms with Crippen molar-refractivity contribution >= 4 is 33.2 Å². The summed E-state index contributed by atoms with van der Waals surface area (Å²) in [5, 5.41) is 4.35. The molecule has 17 heavy (non-hydrogen) atoms. The van der Waals surface area contributed by atoms with Gasteiger partial charge in [0.15, 0.2) is 0 Å². The normalized spacial score (nSPS) is 25.2. The van der Waals surface area contributed by atoms with E-state index >= 15 is 0 Å².